The Morgan fingerprint density at radius 1 is 1.12 bits per heavy atom. The van der Waals surface area contributed by atoms with Crippen LogP contribution in [0.4, 0.5) is 0 Å². The smallest absolute Gasteiger partial charge is 0.226 e. The molecule has 5 heteroatoms. The highest BCUT2D eigenvalue weighted by atomic mass is 16.5. The second kappa shape index (κ2) is 6.37. The van der Waals surface area contributed by atoms with E-state index in [-0.39, 0.29) is 5.75 Å². The van der Waals surface area contributed by atoms with Gasteiger partial charge >= 0.3 is 0 Å². The largest absolute Gasteiger partial charge is 0.508 e. The molecule has 0 unspecified atom stereocenters. The highest BCUT2D eigenvalue weighted by Crippen LogP contribution is 2.28. The predicted octanol–water partition coefficient (Wildman–Crippen LogP) is 3.44. The van der Waals surface area contributed by atoms with Crippen LogP contribution in [-0.4, -0.2) is 28.1 Å². The molecule has 0 amide bonds. The summed E-state index contributed by atoms with van der Waals surface area (Å²) in [5.41, 5.74) is 2.94. The van der Waals surface area contributed by atoms with Crippen LogP contribution in [0.5, 0.6) is 11.5 Å². The lowest BCUT2D eigenvalue weighted by molar-refractivity contribution is 0.217. The van der Waals surface area contributed by atoms with Gasteiger partial charge in [0.05, 0.1) is 5.69 Å². The maximum Gasteiger partial charge on any atom is 0.226 e. The summed E-state index contributed by atoms with van der Waals surface area (Å²) >= 11 is 0. The Labute approximate surface area is 140 Å². The number of hydrogen-bond acceptors (Lipinski definition) is 5. The van der Waals surface area contributed by atoms with Crippen LogP contribution in [0.2, 0.25) is 0 Å². The van der Waals surface area contributed by atoms with Gasteiger partial charge in [-0.2, -0.15) is 0 Å². The van der Waals surface area contributed by atoms with Crippen molar-refractivity contribution in [3.8, 4) is 23.0 Å². The van der Waals surface area contributed by atoms with Gasteiger partial charge in [-0.15, -0.1) is 0 Å². The molecule has 1 aromatic heterocycles. The van der Waals surface area contributed by atoms with Crippen LogP contribution in [0.3, 0.4) is 0 Å². The Hall–Kier alpha value is -2.79. The number of aromatic hydroxyl groups is 1. The molecular formula is C19H18N2O3. The van der Waals surface area contributed by atoms with E-state index >= 15 is 0 Å². The van der Waals surface area contributed by atoms with Gasteiger partial charge in [-0.1, -0.05) is 24.3 Å². The normalized spacial score (nSPS) is 14.7. The lowest BCUT2D eigenvalue weighted by Gasteiger charge is -2.17. The van der Waals surface area contributed by atoms with Gasteiger partial charge in [0.1, 0.15) is 24.4 Å². The third-order valence-electron chi connectivity index (χ3n) is 4.07. The Morgan fingerprint density at radius 3 is 2.88 bits per heavy atom. The minimum atomic E-state index is 0.228. The van der Waals surface area contributed by atoms with Gasteiger partial charge < -0.3 is 14.3 Å². The number of hydrogen-bond donors (Lipinski definition) is 1. The molecule has 0 saturated carbocycles. The summed E-state index contributed by atoms with van der Waals surface area (Å²) < 4.78 is 11.3. The number of phenolic OH excluding ortho intramolecular Hbond substituents is 1. The minimum absolute atomic E-state index is 0.228. The van der Waals surface area contributed by atoms with Gasteiger partial charge in [-0.3, -0.25) is 4.90 Å². The lowest BCUT2D eigenvalue weighted by Crippen LogP contribution is -2.25. The number of fused-ring (bicyclic) bond motifs is 1. The van der Waals surface area contributed by atoms with E-state index < -0.39 is 0 Å². The number of aromatic nitrogens is 1. The zero-order valence-corrected chi connectivity index (χ0v) is 13.2. The van der Waals surface area contributed by atoms with Crippen molar-refractivity contribution >= 4 is 0 Å². The van der Waals surface area contributed by atoms with Gasteiger partial charge in [0, 0.05) is 36.8 Å². The van der Waals surface area contributed by atoms with E-state index in [1.165, 1.54) is 0 Å². The van der Waals surface area contributed by atoms with E-state index in [9.17, 15) is 5.11 Å². The number of benzene rings is 2. The molecule has 0 spiro atoms. The maximum atomic E-state index is 9.58. The highest BCUT2D eigenvalue weighted by Gasteiger charge is 2.17. The van der Waals surface area contributed by atoms with Gasteiger partial charge in [-0.05, 0) is 18.2 Å². The van der Waals surface area contributed by atoms with E-state index in [0.717, 1.165) is 35.7 Å². The zero-order chi connectivity index (χ0) is 16.4. The van der Waals surface area contributed by atoms with Gasteiger partial charge in [0.2, 0.25) is 5.89 Å². The van der Waals surface area contributed by atoms with Crippen molar-refractivity contribution in [2.75, 3.05) is 13.2 Å². The zero-order valence-electron chi connectivity index (χ0n) is 13.2. The first-order valence-electron chi connectivity index (χ1n) is 7.95. The topological polar surface area (TPSA) is 58.7 Å². The Bertz CT molecular complexity index is 830. The average molecular weight is 322 g/mol. The van der Waals surface area contributed by atoms with Crippen LogP contribution in [0.25, 0.3) is 11.5 Å². The number of nitrogens with zero attached hydrogens (tertiary/aromatic N) is 2. The molecule has 1 N–H and O–H groups in total. The molecule has 0 fully saturated rings. The van der Waals surface area contributed by atoms with Gasteiger partial charge in [0.15, 0.2) is 0 Å². The van der Waals surface area contributed by atoms with Crippen molar-refractivity contribution in [2.24, 2.45) is 0 Å². The SMILES string of the molecule is Oc1ccc2c(c1)OCCN(Cc1coc(-c3ccccc3)n1)C2. The fourth-order valence-electron chi connectivity index (χ4n) is 2.87. The van der Waals surface area contributed by atoms with Crippen molar-refractivity contribution in [3.63, 3.8) is 0 Å². The van der Waals surface area contributed by atoms with Crippen molar-refractivity contribution in [1.82, 2.24) is 9.88 Å². The Morgan fingerprint density at radius 2 is 2.00 bits per heavy atom. The fourth-order valence-corrected chi connectivity index (χ4v) is 2.87. The molecule has 122 valence electrons. The second-order valence-corrected chi connectivity index (χ2v) is 5.86. The molecule has 0 aliphatic carbocycles. The standard InChI is InChI=1S/C19H18N2O3/c22-17-7-6-15-11-21(8-9-23-18(15)10-17)12-16-13-24-19(20-16)14-4-2-1-3-5-14/h1-7,10,13,22H,8-9,11-12H2. The van der Waals surface area contributed by atoms with Crippen LogP contribution in [0.1, 0.15) is 11.3 Å². The van der Waals surface area contributed by atoms with E-state index in [1.54, 1.807) is 18.4 Å². The predicted molar refractivity (Wildman–Crippen MR) is 89.7 cm³/mol. The number of rotatable bonds is 3. The molecule has 0 radical (unpaired) electrons. The molecule has 2 heterocycles. The monoisotopic (exact) mass is 322 g/mol. The average Bonchev–Trinajstić information content (AvgIpc) is 2.97. The van der Waals surface area contributed by atoms with Gasteiger partial charge in [0.25, 0.3) is 0 Å². The molecule has 3 aromatic rings. The van der Waals surface area contributed by atoms with Gasteiger partial charge in [-0.25, -0.2) is 4.98 Å². The van der Waals surface area contributed by atoms with Crippen LogP contribution in [0.15, 0.2) is 59.2 Å². The summed E-state index contributed by atoms with van der Waals surface area (Å²) in [4.78, 5) is 6.85. The summed E-state index contributed by atoms with van der Waals surface area (Å²) in [5, 5.41) is 9.58. The first-order valence-corrected chi connectivity index (χ1v) is 7.95. The van der Waals surface area contributed by atoms with Crippen LogP contribution in [0, 0.1) is 0 Å². The molecule has 1 aliphatic rings. The maximum absolute atomic E-state index is 9.58. The van der Waals surface area contributed by atoms with Crippen molar-refractivity contribution < 1.29 is 14.3 Å². The molecule has 2 aromatic carbocycles. The molecular weight excluding hydrogens is 304 g/mol. The van der Waals surface area contributed by atoms with Crippen molar-refractivity contribution in [3.05, 3.63) is 66.1 Å². The molecule has 24 heavy (non-hydrogen) atoms. The summed E-state index contributed by atoms with van der Waals surface area (Å²) in [6.45, 7) is 2.83. The van der Waals surface area contributed by atoms with Crippen LogP contribution in [-0.2, 0) is 13.1 Å². The summed E-state index contributed by atoms with van der Waals surface area (Å²) in [7, 11) is 0. The Kier molecular flexibility index (Phi) is 3.92. The van der Waals surface area contributed by atoms with Crippen LogP contribution >= 0.6 is 0 Å². The van der Waals surface area contributed by atoms with Crippen molar-refractivity contribution in [1.29, 1.82) is 0 Å². The van der Waals surface area contributed by atoms with E-state index in [4.69, 9.17) is 9.15 Å². The summed E-state index contributed by atoms with van der Waals surface area (Å²) in [5.74, 6) is 1.62. The molecule has 5 nitrogen and oxygen atoms in total. The first kappa shape index (κ1) is 14.8. The molecule has 1 aliphatic heterocycles. The van der Waals surface area contributed by atoms with Crippen LogP contribution < -0.4 is 4.74 Å². The number of oxazole rings is 1. The summed E-state index contributed by atoms with van der Waals surface area (Å²) in [6.07, 6.45) is 1.71. The quantitative estimate of drug-likeness (QED) is 0.800. The first-order chi connectivity index (χ1) is 11.8. The molecule has 0 saturated heterocycles. The highest BCUT2D eigenvalue weighted by molar-refractivity contribution is 5.52. The van der Waals surface area contributed by atoms with E-state index in [1.807, 2.05) is 36.4 Å². The minimum Gasteiger partial charge on any atom is -0.508 e. The van der Waals surface area contributed by atoms with E-state index in [2.05, 4.69) is 9.88 Å². The number of ether oxygens (including phenoxy) is 1. The number of phenols is 1. The third-order valence-corrected chi connectivity index (χ3v) is 4.07. The van der Waals surface area contributed by atoms with Crippen molar-refractivity contribution in [2.45, 2.75) is 13.1 Å². The fraction of sp³-hybridized carbons (Fsp3) is 0.211. The molecule has 0 bridgehead atoms. The van der Waals surface area contributed by atoms with E-state index in [0.29, 0.717) is 19.0 Å². The molecule has 4 rings (SSSR count). The molecule has 0 atom stereocenters. The second-order valence-electron chi connectivity index (χ2n) is 5.86. The lowest BCUT2D eigenvalue weighted by atomic mass is 10.2. The summed E-state index contributed by atoms with van der Waals surface area (Å²) in [6, 6.07) is 15.1. The third kappa shape index (κ3) is 3.12. The Balaban J connectivity index is 1.49.